The molecule has 0 radical (unpaired) electrons. The molecular formula is C29H27N3O9. The molecule has 2 amide bonds. The molecule has 0 saturated carbocycles. The van der Waals surface area contributed by atoms with Crippen LogP contribution in [0, 0.1) is 0 Å². The Morgan fingerprint density at radius 3 is 2.54 bits per heavy atom. The normalized spacial score (nSPS) is 29.7. The maximum atomic E-state index is 13.2. The Morgan fingerprint density at radius 1 is 0.976 bits per heavy atom. The molecule has 2 aromatic carbocycles. The van der Waals surface area contributed by atoms with Crippen molar-refractivity contribution in [1.29, 1.82) is 0 Å². The second-order valence-corrected chi connectivity index (χ2v) is 10.8. The van der Waals surface area contributed by atoms with Crippen LogP contribution in [0.3, 0.4) is 0 Å². The second-order valence-electron chi connectivity index (χ2n) is 10.8. The van der Waals surface area contributed by atoms with Crippen molar-refractivity contribution >= 4 is 39.6 Å². The highest BCUT2D eigenvalue weighted by molar-refractivity contribution is 6.13. The number of amides is 2. The number of carbonyl (C=O) groups is 3. The van der Waals surface area contributed by atoms with Gasteiger partial charge in [-0.05, 0) is 41.7 Å². The highest BCUT2D eigenvalue weighted by Crippen LogP contribution is 2.44. The van der Waals surface area contributed by atoms with Gasteiger partial charge < -0.3 is 39.5 Å². The fourth-order valence-corrected chi connectivity index (χ4v) is 6.49. The first-order valence-corrected chi connectivity index (χ1v) is 13.4. The number of hydrogen-bond acceptors (Lipinski definition) is 8. The maximum absolute atomic E-state index is 13.2. The second kappa shape index (κ2) is 9.42. The lowest BCUT2D eigenvalue weighted by molar-refractivity contribution is -0.271. The summed E-state index contributed by atoms with van der Waals surface area (Å²) < 4.78 is 13.0. The van der Waals surface area contributed by atoms with Crippen molar-refractivity contribution in [2.75, 3.05) is 0 Å². The van der Waals surface area contributed by atoms with Crippen molar-refractivity contribution in [2.45, 2.75) is 61.9 Å². The number of hydrogen-bond donors (Lipinski definition) is 6. The Labute approximate surface area is 232 Å². The van der Waals surface area contributed by atoms with Crippen LogP contribution in [0.2, 0.25) is 0 Å². The zero-order valence-corrected chi connectivity index (χ0v) is 21.6. The topological polar surface area (TPSA) is 183 Å². The number of aromatic amines is 1. The number of fused-ring (bicyclic) bond motifs is 1. The number of aryl methyl sites for hydroxylation is 2. The third-order valence-corrected chi connectivity index (χ3v) is 8.42. The largest absolute Gasteiger partial charge is 0.479 e. The van der Waals surface area contributed by atoms with Gasteiger partial charge in [0, 0.05) is 41.3 Å². The van der Waals surface area contributed by atoms with E-state index in [1.54, 1.807) is 24.4 Å². The van der Waals surface area contributed by atoms with Gasteiger partial charge in [0.25, 0.3) is 0 Å². The van der Waals surface area contributed by atoms with Gasteiger partial charge in [0.1, 0.15) is 24.1 Å². The van der Waals surface area contributed by atoms with E-state index >= 15 is 0 Å². The molecule has 6 N–H and O–H groups in total. The highest BCUT2D eigenvalue weighted by Gasteiger charge is 2.48. The van der Waals surface area contributed by atoms with Crippen LogP contribution >= 0.6 is 0 Å². The van der Waals surface area contributed by atoms with Gasteiger partial charge >= 0.3 is 5.97 Å². The van der Waals surface area contributed by atoms with Gasteiger partial charge in [-0.1, -0.05) is 18.2 Å². The molecule has 12 heteroatoms. The fraction of sp³-hybridized carbons (Fsp3) is 0.345. The number of nitrogens with one attached hydrogen (secondary N) is 2. The van der Waals surface area contributed by atoms with Gasteiger partial charge in [-0.25, -0.2) is 4.79 Å². The Morgan fingerprint density at radius 2 is 1.76 bits per heavy atom. The average molecular weight is 562 g/mol. The maximum Gasteiger partial charge on any atom is 0.335 e. The van der Waals surface area contributed by atoms with Gasteiger partial charge in [-0.3, -0.25) is 14.9 Å². The molecule has 5 heterocycles. The number of ether oxygens (including phenoxy) is 2. The molecule has 12 nitrogen and oxygen atoms in total. The van der Waals surface area contributed by atoms with Crippen molar-refractivity contribution in [3.05, 3.63) is 65.5 Å². The lowest BCUT2D eigenvalue weighted by Gasteiger charge is -2.38. The number of aromatic nitrogens is 2. The van der Waals surface area contributed by atoms with Crippen LogP contribution in [0.5, 0.6) is 5.75 Å². The van der Waals surface area contributed by atoms with Crippen LogP contribution in [-0.4, -0.2) is 78.5 Å². The van der Waals surface area contributed by atoms with Gasteiger partial charge in [-0.15, -0.1) is 0 Å². The Bertz CT molecular complexity index is 1730. The molecule has 7 atom stereocenters. The van der Waals surface area contributed by atoms with E-state index in [0.29, 0.717) is 16.5 Å². The first-order valence-electron chi connectivity index (χ1n) is 13.4. The number of benzene rings is 2. The smallest absolute Gasteiger partial charge is 0.335 e. The van der Waals surface area contributed by atoms with Crippen molar-refractivity contribution in [2.24, 2.45) is 0 Å². The van der Waals surface area contributed by atoms with Crippen LogP contribution in [-0.2, 0) is 32.1 Å². The summed E-state index contributed by atoms with van der Waals surface area (Å²) in [4.78, 5) is 40.9. The van der Waals surface area contributed by atoms with Crippen molar-refractivity contribution in [1.82, 2.24) is 14.9 Å². The number of aliphatic carboxylic acids is 1. The van der Waals surface area contributed by atoms with Crippen LogP contribution in [0.25, 0.3) is 21.8 Å². The van der Waals surface area contributed by atoms with E-state index in [4.69, 9.17) is 9.47 Å². The molecule has 7 rings (SSSR count). The van der Waals surface area contributed by atoms with E-state index in [1.165, 1.54) is 5.56 Å². The minimum atomic E-state index is -1.83. The molecule has 0 bridgehead atoms. The van der Waals surface area contributed by atoms with Crippen molar-refractivity contribution in [3.8, 4) is 5.75 Å². The lowest BCUT2D eigenvalue weighted by atomic mass is 9.83. The monoisotopic (exact) mass is 561 g/mol. The van der Waals surface area contributed by atoms with Crippen LogP contribution < -0.4 is 10.1 Å². The molecule has 2 aromatic heterocycles. The van der Waals surface area contributed by atoms with Crippen LogP contribution in [0.4, 0.5) is 0 Å². The van der Waals surface area contributed by atoms with E-state index in [0.717, 1.165) is 35.9 Å². The predicted molar refractivity (Wildman–Crippen MR) is 142 cm³/mol. The standard InChI is InChI=1S/C29H27N3O9/c33-22-23(34)25(28(38)39)41-29(24(22)35)40-13-6-7-14-16(10-30-18(14)9-13)19-20(27(37)31-26(19)36)17-11-32-8-2-4-12-3-1-5-15(17)21(12)32/h1,3,5-7,9-11,19-20,22-25,29-30,33-35H,2,4,8H2,(H,38,39)(H,31,36,37)/t19-,20-,22+,23+,24-,25+,29?/m0/s1. The zero-order valence-electron chi connectivity index (χ0n) is 21.6. The van der Waals surface area contributed by atoms with E-state index in [9.17, 15) is 34.8 Å². The number of para-hydroxylation sites is 1. The average Bonchev–Trinajstić information content (AvgIpc) is 3.62. The molecule has 3 aliphatic rings. The number of carboxylic acid groups (broad SMARTS) is 1. The Balaban J connectivity index is 1.22. The molecular weight excluding hydrogens is 534 g/mol. The molecule has 41 heavy (non-hydrogen) atoms. The number of nitrogens with zero attached hydrogens (tertiary/aromatic N) is 1. The molecule has 4 aromatic rings. The predicted octanol–water partition coefficient (Wildman–Crippen LogP) is 0.864. The molecule has 2 saturated heterocycles. The number of H-pyrrole nitrogens is 1. The summed E-state index contributed by atoms with van der Waals surface area (Å²) in [6.45, 7) is 0.846. The number of carboxylic acids is 1. The first kappa shape index (κ1) is 25.7. The molecule has 0 spiro atoms. The third-order valence-electron chi connectivity index (χ3n) is 8.42. The summed E-state index contributed by atoms with van der Waals surface area (Å²) in [5.41, 5.74) is 4.33. The summed E-state index contributed by atoms with van der Waals surface area (Å²) in [5, 5.41) is 43.7. The Kier molecular flexibility index (Phi) is 5.91. The van der Waals surface area contributed by atoms with E-state index in [-0.39, 0.29) is 17.6 Å². The highest BCUT2D eigenvalue weighted by atomic mass is 16.7. The zero-order chi connectivity index (χ0) is 28.6. The summed E-state index contributed by atoms with van der Waals surface area (Å²) in [7, 11) is 0. The van der Waals surface area contributed by atoms with Gasteiger partial charge in [0.15, 0.2) is 6.10 Å². The number of carbonyl (C=O) groups excluding carboxylic acids is 2. The molecule has 1 unspecified atom stereocenters. The molecule has 0 aliphatic carbocycles. The van der Waals surface area contributed by atoms with E-state index in [1.807, 2.05) is 18.3 Å². The van der Waals surface area contributed by atoms with Gasteiger partial charge in [0.2, 0.25) is 18.1 Å². The van der Waals surface area contributed by atoms with Crippen molar-refractivity contribution in [3.63, 3.8) is 0 Å². The van der Waals surface area contributed by atoms with E-state index < -0.39 is 48.5 Å². The summed E-state index contributed by atoms with van der Waals surface area (Å²) in [5.74, 6) is -3.57. The molecule has 3 aliphatic heterocycles. The first-order chi connectivity index (χ1) is 19.7. The fourth-order valence-electron chi connectivity index (χ4n) is 6.49. The van der Waals surface area contributed by atoms with Crippen LogP contribution in [0.1, 0.15) is 34.9 Å². The van der Waals surface area contributed by atoms with Gasteiger partial charge in [-0.2, -0.15) is 0 Å². The Hall–Kier alpha value is -4.23. The molecule has 2 fully saturated rings. The quantitative estimate of drug-likeness (QED) is 0.193. The number of imide groups is 1. The van der Waals surface area contributed by atoms with Crippen LogP contribution in [0.15, 0.2) is 48.8 Å². The number of rotatable bonds is 5. The van der Waals surface area contributed by atoms with Crippen molar-refractivity contribution < 1.29 is 44.3 Å². The SMILES string of the molecule is O=C(O)[C@@H]1OC(Oc2ccc3c([C@@H]4C(=O)NC(=O)[C@H]4c4cn5c6c(cccc46)CCC5)c[nH]c3c2)[C@@H](O)[C@H](O)[C@H]1O. The summed E-state index contributed by atoms with van der Waals surface area (Å²) in [6, 6.07) is 10.9. The van der Waals surface area contributed by atoms with Gasteiger partial charge in [0.05, 0.1) is 17.4 Å². The summed E-state index contributed by atoms with van der Waals surface area (Å²) >= 11 is 0. The lowest BCUT2D eigenvalue weighted by Crippen LogP contribution is -2.61. The minimum Gasteiger partial charge on any atom is -0.479 e. The number of aliphatic hydroxyl groups is 3. The number of aliphatic hydroxyl groups excluding tert-OH is 3. The minimum absolute atomic E-state index is 0.181. The third kappa shape index (κ3) is 3.94. The molecule has 212 valence electrons. The van der Waals surface area contributed by atoms with E-state index in [2.05, 4.69) is 20.9 Å². The summed E-state index contributed by atoms with van der Waals surface area (Å²) in [6.07, 6.45) is -3.04.